The summed E-state index contributed by atoms with van der Waals surface area (Å²) in [5, 5.41) is 10.1. The van der Waals surface area contributed by atoms with E-state index in [9.17, 15) is 5.11 Å². The van der Waals surface area contributed by atoms with Crippen molar-refractivity contribution in [2.45, 2.75) is 25.7 Å². The number of aromatic hydroxyl groups is 1. The molecule has 0 aromatic heterocycles. The number of phenolic OH excluding ortho intramolecular Hbond substituents is 1. The summed E-state index contributed by atoms with van der Waals surface area (Å²) in [5.41, 5.74) is 2.43. The molecule has 2 heterocycles. The molecule has 5 nitrogen and oxygen atoms in total. The molecule has 2 saturated heterocycles. The smallest absolute Gasteiger partial charge is 0.118 e. The standard InChI is InChI=1S/C20H32N2O3/c23-20-6-5-18(3-1-7-21-9-13-24-14-10-21)17-19(20)4-2-8-22-11-15-25-16-12-22/h5-6,17,23H,1-4,7-16H2. The van der Waals surface area contributed by atoms with Crippen LogP contribution in [0, 0.1) is 0 Å². The van der Waals surface area contributed by atoms with Crippen LogP contribution in [0.3, 0.4) is 0 Å². The van der Waals surface area contributed by atoms with Crippen LogP contribution in [0.4, 0.5) is 0 Å². The minimum absolute atomic E-state index is 0.443. The summed E-state index contributed by atoms with van der Waals surface area (Å²) < 4.78 is 10.8. The largest absolute Gasteiger partial charge is 0.508 e. The van der Waals surface area contributed by atoms with E-state index in [2.05, 4.69) is 21.9 Å². The minimum atomic E-state index is 0.443. The van der Waals surface area contributed by atoms with Crippen LogP contribution in [0.5, 0.6) is 5.75 Å². The molecule has 0 aliphatic carbocycles. The Kier molecular flexibility index (Phi) is 7.55. The summed E-state index contributed by atoms with van der Waals surface area (Å²) in [4.78, 5) is 4.93. The van der Waals surface area contributed by atoms with Crippen molar-refractivity contribution in [3.05, 3.63) is 29.3 Å². The van der Waals surface area contributed by atoms with Gasteiger partial charge in [0.1, 0.15) is 5.75 Å². The van der Waals surface area contributed by atoms with Gasteiger partial charge in [0.2, 0.25) is 0 Å². The SMILES string of the molecule is Oc1ccc(CCCN2CCOCC2)cc1CCCN1CCOCC1. The molecule has 0 bridgehead atoms. The fraction of sp³-hybridized carbons (Fsp3) is 0.700. The second-order valence-electron chi connectivity index (χ2n) is 7.08. The van der Waals surface area contributed by atoms with Crippen LogP contribution >= 0.6 is 0 Å². The molecular formula is C20H32N2O3. The van der Waals surface area contributed by atoms with Gasteiger partial charge in [0.15, 0.2) is 0 Å². The topological polar surface area (TPSA) is 45.2 Å². The first-order chi connectivity index (χ1) is 12.3. The Hall–Kier alpha value is -1.14. The maximum Gasteiger partial charge on any atom is 0.118 e. The Balaban J connectivity index is 1.41. The Morgan fingerprint density at radius 1 is 0.800 bits per heavy atom. The lowest BCUT2D eigenvalue weighted by Gasteiger charge is -2.26. The molecule has 0 radical (unpaired) electrons. The zero-order valence-corrected chi connectivity index (χ0v) is 15.3. The summed E-state index contributed by atoms with van der Waals surface area (Å²) in [6.45, 7) is 9.85. The van der Waals surface area contributed by atoms with E-state index >= 15 is 0 Å². The first kappa shape index (κ1) is 18.6. The third-order valence-corrected chi connectivity index (χ3v) is 5.21. The van der Waals surface area contributed by atoms with Gasteiger partial charge in [-0.15, -0.1) is 0 Å². The zero-order chi connectivity index (χ0) is 17.3. The van der Waals surface area contributed by atoms with E-state index in [1.807, 2.05) is 6.07 Å². The molecule has 1 N–H and O–H groups in total. The monoisotopic (exact) mass is 348 g/mol. The van der Waals surface area contributed by atoms with Gasteiger partial charge < -0.3 is 14.6 Å². The van der Waals surface area contributed by atoms with Crippen molar-refractivity contribution in [1.82, 2.24) is 9.80 Å². The molecule has 0 unspecified atom stereocenters. The lowest BCUT2D eigenvalue weighted by molar-refractivity contribution is 0.0374. The second-order valence-corrected chi connectivity index (χ2v) is 7.08. The van der Waals surface area contributed by atoms with Crippen molar-refractivity contribution in [2.24, 2.45) is 0 Å². The van der Waals surface area contributed by atoms with Gasteiger partial charge in [-0.2, -0.15) is 0 Å². The van der Waals surface area contributed by atoms with Crippen LogP contribution in [-0.4, -0.2) is 80.6 Å². The number of hydrogen-bond acceptors (Lipinski definition) is 5. The predicted molar refractivity (Wildman–Crippen MR) is 99.3 cm³/mol. The van der Waals surface area contributed by atoms with Gasteiger partial charge >= 0.3 is 0 Å². The highest BCUT2D eigenvalue weighted by atomic mass is 16.5. The molecule has 3 rings (SSSR count). The van der Waals surface area contributed by atoms with Gasteiger partial charge in [0.05, 0.1) is 26.4 Å². The molecule has 1 aromatic carbocycles. The van der Waals surface area contributed by atoms with Crippen LogP contribution < -0.4 is 0 Å². The van der Waals surface area contributed by atoms with Crippen LogP contribution in [0.2, 0.25) is 0 Å². The van der Waals surface area contributed by atoms with Crippen molar-refractivity contribution in [3.63, 3.8) is 0 Å². The van der Waals surface area contributed by atoms with Gasteiger partial charge in [-0.25, -0.2) is 0 Å². The molecule has 2 aliphatic rings. The fourth-order valence-electron chi connectivity index (χ4n) is 3.64. The normalized spacial score (nSPS) is 20.0. The fourth-order valence-corrected chi connectivity index (χ4v) is 3.64. The van der Waals surface area contributed by atoms with Crippen LogP contribution in [0.1, 0.15) is 24.0 Å². The quantitative estimate of drug-likeness (QED) is 0.778. The van der Waals surface area contributed by atoms with Crippen LogP contribution in [0.15, 0.2) is 18.2 Å². The van der Waals surface area contributed by atoms with Gasteiger partial charge in [-0.05, 0) is 56.0 Å². The number of phenols is 1. The van der Waals surface area contributed by atoms with Crippen LogP contribution in [0.25, 0.3) is 0 Å². The van der Waals surface area contributed by atoms with Crippen molar-refractivity contribution in [1.29, 1.82) is 0 Å². The number of nitrogens with zero attached hydrogens (tertiary/aromatic N) is 2. The van der Waals surface area contributed by atoms with Crippen molar-refractivity contribution in [2.75, 3.05) is 65.7 Å². The molecule has 0 saturated carbocycles. The zero-order valence-electron chi connectivity index (χ0n) is 15.3. The van der Waals surface area contributed by atoms with Gasteiger partial charge in [-0.3, -0.25) is 9.80 Å². The Morgan fingerprint density at radius 3 is 1.96 bits per heavy atom. The molecule has 0 spiro atoms. The number of hydrogen-bond donors (Lipinski definition) is 1. The molecule has 140 valence electrons. The lowest BCUT2D eigenvalue weighted by atomic mass is 10.0. The molecule has 1 aromatic rings. The highest BCUT2D eigenvalue weighted by Crippen LogP contribution is 2.21. The molecule has 5 heteroatoms. The molecule has 0 atom stereocenters. The van der Waals surface area contributed by atoms with E-state index in [4.69, 9.17) is 9.47 Å². The summed E-state index contributed by atoms with van der Waals surface area (Å²) in [5.74, 6) is 0.443. The maximum atomic E-state index is 10.1. The van der Waals surface area contributed by atoms with E-state index < -0.39 is 0 Å². The van der Waals surface area contributed by atoms with Crippen molar-refractivity contribution < 1.29 is 14.6 Å². The number of benzene rings is 1. The highest BCUT2D eigenvalue weighted by Gasteiger charge is 2.11. The number of morpholine rings is 2. The predicted octanol–water partition coefficient (Wildman–Crippen LogP) is 1.92. The Morgan fingerprint density at radius 2 is 1.36 bits per heavy atom. The van der Waals surface area contributed by atoms with E-state index in [1.165, 1.54) is 5.56 Å². The summed E-state index contributed by atoms with van der Waals surface area (Å²) in [6, 6.07) is 6.14. The molecular weight excluding hydrogens is 316 g/mol. The molecule has 2 fully saturated rings. The Bertz CT molecular complexity index is 512. The summed E-state index contributed by atoms with van der Waals surface area (Å²) in [6.07, 6.45) is 4.28. The van der Waals surface area contributed by atoms with Gasteiger partial charge in [0, 0.05) is 26.2 Å². The number of ether oxygens (including phenoxy) is 2. The summed E-state index contributed by atoms with van der Waals surface area (Å²) in [7, 11) is 0. The average molecular weight is 348 g/mol. The third kappa shape index (κ3) is 6.26. The molecule has 0 amide bonds. The first-order valence-corrected chi connectivity index (χ1v) is 9.72. The van der Waals surface area contributed by atoms with Gasteiger partial charge in [-0.1, -0.05) is 12.1 Å². The highest BCUT2D eigenvalue weighted by molar-refractivity contribution is 5.36. The molecule has 25 heavy (non-hydrogen) atoms. The van der Waals surface area contributed by atoms with E-state index in [0.29, 0.717) is 5.75 Å². The molecule has 2 aliphatic heterocycles. The number of rotatable bonds is 8. The average Bonchev–Trinajstić information content (AvgIpc) is 2.66. The maximum absolute atomic E-state index is 10.1. The van der Waals surface area contributed by atoms with Gasteiger partial charge in [0.25, 0.3) is 0 Å². The third-order valence-electron chi connectivity index (χ3n) is 5.21. The minimum Gasteiger partial charge on any atom is -0.508 e. The van der Waals surface area contributed by atoms with Crippen LogP contribution in [-0.2, 0) is 22.3 Å². The second kappa shape index (κ2) is 10.1. The van der Waals surface area contributed by atoms with Crippen molar-refractivity contribution >= 4 is 0 Å². The van der Waals surface area contributed by atoms with E-state index in [-0.39, 0.29) is 0 Å². The first-order valence-electron chi connectivity index (χ1n) is 9.72. The lowest BCUT2D eigenvalue weighted by Crippen LogP contribution is -2.37. The van der Waals surface area contributed by atoms with Crippen molar-refractivity contribution in [3.8, 4) is 5.75 Å². The van der Waals surface area contributed by atoms with E-state index in [0.717, 1.165) is 96.9 Å². The van der Waals surface area contributed by atoms with E-state index in [1.54, 1.807) is 0 Å². The summed E-state index contributed by atoms with van der Waals surface area (Å²) >= 11 is 0. The Labute approximate surface area is 151 Å². The number of aryl methyl sites for hydroxylation is 2.